The summed E-state index contributed by atoms with van der Waals surface area (Å²) in [5, 5.41) is 0. The number of hydrogen-bond donors (Lipinski definition) is 0. The lowest BCUT2D eigenvalue weighted by Crippen LogP contribution is -2.36. The van der Waals surface area contributed by atoms with Crippen LogP contribution in [0.1, 0.15) is 30.4 Å². The molecule has 1 fully saturated rings. The number of aryl methyl sites for hydroxylation is 1. The first-order valence-electron chi connectivity index (χ1n) is 8.49. The number of fused-ring (bicyclic) bond motifs is 3. The summed E-state index contributed by atoms with van der Waals surface area (Å²) >= 11 is 0. The summed E-state index contributed by atoms with van der Waals surface area (Å²) in [6, 6.07) is 4.74. The van der Waals surface area contributed by atoms with E-state index in [4.69, 9.17) is 4.74 Å². The standard InChI is InChI=1S/C18H19F2N3O2/c1-11-6-12(7-14(19)17(11)20)10-25-15-8-16-22-5-3-2-4-13(22)9-23(16)18(24)21-15/h6-8,13H,2-5,9-10H2,1H3. The van der Waals surface area contributed by atoms with Gasteiger partial charge in [0.05, 0.1) is 0 Å². The second-order valence-electron chi connectivity index (χ2n) is 6.69. The van der Waals surface area contributed by atoms with E-state index in [9.17, 15) is 13.6 Å². The Balaban J connectivity index is 1.57. The van der Waals surface area contributed by atoms with Gasteiger partial charge in [-0.2, -0.15) is 4.98 Å². The zero-order valence-corrected chi connectivity index (χ0v) is 14.0. The Morgan fingerprint density at radius 1 is 1.28 bits per heavy atom. The van der Waals surface area contributed by atoms with Gasteiger partial charge in [0.2, 0.25) is 5.88 Å². The fourth-order valence-electron chi connectivity index (χ4n) is 3.70. The van der Waals surface area contributed by atoms with E-state index in [1.165, 1.54) is 19.4 Å². The van der Waals surface area contributed by atoms with Crippen molar-refractivity contribution >= 4 is 5.82 Å². The van der Waals surface area contributed by atoms with Gasteiger partial charge in [0.25, 0.3) is 0 Å². The van der Waals surface area contributed by atoms with E-state index in [1.807, 2.05) is 0 Å². The Kier molecular flexibility index (Phi) is 3.94. The van der Waals surface area contributed by atoms with Gasteiger partial charge in [0.15, 0.2) is 11.6 Å². The zero-order valence-electron chi connectivity index (χ0n) is 14.0. The lowest BCUT2D eigenvalue weighted by molar-refractivity contribution is 0.290. The summed E-state index contributed by atoms with van der Waals surface area (Å²) < 4.78 is 34.1. The maximum atomic E-state index is 13.5. The van der Waals surface area contributed by atoms with Crippen LogP contribution in [0.15, 0.2) is 23.0 Å². The van der Waals surface area contributed by atoms with Gasteiger partial charge in [-0.3, -0.25) is 4.57 Å². The lowest BCUT2D eigenvalue weighted by Gasteiger charge is -2.30. The molecular weight excluding hydrogens is 328 g/mol. The number of aromatic nitrogens is 2. The number of benzene rings is 1. The molecule has 0 N–H and O–H groups in total. The average Bonchev–Trinajstić information content (AvgIpc) is 2.97. The molecule has 3 heterocycles. The van der Waals surface area contributed by atoms with Gasteiger partial charge in [-0.05, 0) is 49.4 Å². The van der Waals surface area contributed by atoms with Crippen LogP contribution in [0, 0.1) is 18.6 Å². The predicted octanol–water partition coefficient (Wildman–Crippen LogP) is 2.78. The zero-order chi connectivity index (χ0) is 17.6. The molecular formula is C18H19F2N3O2. The Morgan fingerprint density at radius 3 is 2.92 bits per heavy atom. The van der Waals surface area contributed by atoms with Crippen LogP contribution in [0.5, 0.6) is 5.88 Å². The fraction of sp³-hybridized carbons (Fsp3) is 0.444. The van der Waals surface area contributed by atoms with Gasteiger partial charge >= 0.3 is 5.69 Å². The van der Waals surface area contributed by atoms with Crippen molar-refractivity contribution in [1.82, 2.24) is 9.55 Å². The maximum absolute atomic E-state index is 13.5. The first-order chi connectivity index (χ1) is 12.0. The van der Waals surface area contributed by atoms with E-state index in [2.05, 4.69) is 9.88 Å². The molecule has 132 valence electrons. The number of ether oxygens (including phenoxy) is 1. The molecule has 2 aliphatic rings. The Morgan fingerprint density at radius 2 is 2.12 bits per heavy atom. The summed E-state index contributed by atoms with van der Waals surface area (Å²) in [5.41, 5.74) is 0.384. The minimum Gasteiger partial charge on any atom is -0.473 e. The van der Waals surface area contributed by atoms with Crippen molar-refractivity contribution in [1.29, 1.82) is 0 Å². The van der Waals surface area contributed by atoms with Gasteiger partial charge in [-0.25, -0.2) is 13.6 Å². The number of halogens is 2. The fourth-order valence-corrected chi connectivity index (χ4v) is 3.70. The molecule has 1 atom stereocenters. The molecule has 25 heavy (non-hydrogen) atoms. The summed E-state index contributed by atoms with van der Waals surface area (Å²) in [7, 11) is 0. The molecule has 0 saturated carbocycles. The first-order valence-corrected chi connectivity index (χ1v) is 8.49. The van der Waals surface area contributed by atoms with Crippen LogP contribution in [0.25, 0.3) is 0 Å². The van der Waals surface area contributed by atoms with Crippen molar-refractivity contribution in [3.8, 4) is 5.88 Å². The van der Waals surface area contributed by atoms with Crippen LogP contribution < -0.4 is 15.3 Å². The summed E-state index contributed by atoms with van der Waals surface area (Å²) in [6.07, 6.45) is 3.36. The van der Waals surface area contributed by atoms with Gasteiger partial charge in [-0.15, -0.1) is 0 Å². The minimum atomic E-state index is -0.906. The molecule has 7 heteroatoms. The molecule has 1 saturated heterocycles. The van der Waals surface area contributed by atoms with Crippen LogP contribution in [-0.2, 0) is 13.2 Å². The van der Waals surface area contributed by atoms with E-state index in [0.717, 1.165) is 31.3 Å². The third-order valence-electron chi connectivity index (χ3n) is 4.94. The lowest BCUT2D eigenvalue weighted by atomic mass is 10.0. The third-order valence-corrected chi connectivity index (χ3v) is 4.94. The summed E-state index contributed by atoms with van der Waals surface area (Å²) in [4.78, 5) is 18.5. The topological polar surface area (TPSA) is 47.4 Å². The molecule has 0 aliphatic carbocycles. The van der Waals surface area contributed by atoms with Crippen molar-refractivity contribution in [2.75, 3.05) is 11.4 Å². The summed E-state index contributed by atoms with van der Waals surface area (Å²) in [6.45, 7) is 3.12. The summed E-state index contributed by atoms with van der Waals surface area (Å²) in [5.74, 6) is -0.712. The second-order valence-corrected chi connectivity index (χ2v) is 6.69. The van der Waals surface area contributed by atoms with Crippen molar-refractivity contribution in [3.63, 3.8) is 0 Å². The quantitative estimate of drug-likeness (QED) is 0.857. The van der Waals surface area contributed by atoms with Gasteiger partial charge in [0, 0.05) is 25.2 Å². The average molecular weight is 347 g/mol. The Labute approximate surface area is 143 Å². The smallest absolute Gasteiger partial charge is 0.352 e. The van der Waals surface area contributed by atoms with Crippen molar-refractivity contribution in [3.05, 3.63) is 51.4 Å². The van der Waals surface area contributed by atoms with E-state index >= 15 is 0 Å². The molecule has 0 amide bonds. The Hall–Kier alpha value is -2.44. The molecule has 0 spiro atoms. The van der Waals surface area contributed by atoms with Gasteiger partial charge < -0.3 is 9.64 Å². The van der Waals surface area contributed by atoms with Crippen LogP contribution in [0.3, 0.4) is 0 Å². The van der Waals surface area contributed by atoms with Crippen LogP contribution in [0.2, 0.25) is 0 Å². The van der Waals surface area contributed by atoms with E-state index < -0.39 is 11.6 Å². The van der Waals surface area contributed by atoms with Crippen molar-refractivity contribution < 1.29 is 13.5 Å². The van der Waals surface area contributed by atoms with Crippen LogP contribution >= 0.6 is 0 Å². The molecule has 1 unspecified atom stereocenters. The molecule has 1 aromatic heterocycles. The minimum absolute atomic E-state index is 0.0252. The molecule has 0 radical (unpaired) electrons. The number of anilines is 1. The number of rotatable bonds is 3. The highest BCUT2D eigenvalue weighted by molar-refractivity contribution is 5.47. The SMILES string of the molecule is Cc1cc(COc2cc3n(c(=O)n2)CC2CCCCN32)cc(F)c1F. The van der Waals surface area contributed by atoms with E-state index in [-0.39, 0.29) is 23.7 Å². The number of nitrogens with zero attached hydrogens (tertiary/aromatic N) is 3. The third kappa shape index (κ3) is 2.88. The van der Waals surface area contributed by atoms with Gasteiger partial charge in [-0.1, -0.05) is 0 Å². The molecule has 2 aliphatic heterocycles. The number of piperidine rings is 1. The predicted molar refractivity (Wildman–Crippen MR) is 88.9 cm³/mol. The molecule has 0 bridgehead atoms. The van der Waals surface area contributed by atoms with Crippen molar-refractivity contribution in [2.24, 2.45) is 0 Å². The second kappa shape index (κ2) is 6.13. The van der Waals surface area contributed by atoms with Crippen LogP contribution in [-0.4, -0.2) is 22.1 Å². The van der Waals surface area contributed by atoms with Crippen LogP contribution in [0.4, 0.5) is 14.6 Å². The first kappa shape index (κ1) is 16.1. The van der Waals surface area contributed by atoms with E-state index in [0.29, 0.717) is 18.2 Å². The van der Waals surface area contributed by atoms with Gasteiger partial charge in [0.1, 0.15) is 12.4 Å². The molecule has 1 aromatic carbocycles. The molecule has 5 nitrogen and oxygen atoms in total. The van der Waals surface area contributed by atoms with E-state index in [1.54, 1.807) is 10.6 Å². The largest absolute Gasteiger partial charge is 0.473 e. The molecule has 4 rings (SSSR count). The molecule has 2 aromatic rings. The highest BCUT2D eigenvalue weighted by Crippen LogP contribution is 2.32. The number of hydrogen-bond acceptors (Lipinski definition) is 4. The normalized spacial score (nSPS) is 18.8. The monoisotopic (exact) mass is 347 g/mol. The highest BCUT2D eigenvalue weighted by Gasteiger charge is 2.32. The highest BCUT2D eigenvalue weighted by atomic mass is 19.2. The maximum Gasteiger partial charge on any atom is 0.352 e. The Bertz CT molecular complexity index is 858. The van der Waals surface area contributed by atoms with Crippen molar-refractivity contribution in [2.45, 2.75) is 45.4 Å².